The van der Waals surface area contributed by atoms with Crippen LogP contribution in [0, 0.1) is 0 Å². The number of ether oxygens (including phenoxy) is 1. The van der Waals surface area contributed by atoms with Crippen molar-refractivity contribution in [3.63, 3.8) is 0 Å². The Morgan fingerprint density at radius 3 is 2.29 bits per heavy atom. The maximum absolute atomic E-state index is 11.2. The molecule has 0 aromatic heterocycles. The van der Waals surface area contributed by atoms with Gasteiger partial charge in [-0.1, -0.05) is 26.7 Å². The Bertz CT molecular complexity index is 220. The van der Waals surface area contributed by atoms with Crippen LogP contribution in [0.3, 0.4) is 0 Å². The van der Waals surface area contributed by atoms with Crippen LogP contribution in [-0.4, -0.2) is 31.7 Å². The monoisotopic (exact) mass is 244 g/mol. The number of hydrogen-bond donors (Lipinski definition) is 2. The zero-order valence-electron chi connectivity index (χ0n) is 10.9. The molecule has 0 radical (unpaired) electrons. The summed E-state index contributed by atoms with van der Waals surface area (Å²) in [6.07, 6.45) is 3.92. The number of hydrogen-bond acceptors (Lipinski definition) is 3. The molecular formula is C12H24N2O3. The molecule has 0 aliphatic carbocycles. The number of rotatable bonds is 9. The highest BCUT2D eigenvalue weighted by Gasteiger charge is 2.01. The van der Waals surface area contributed by atoms with Gasteiger partial charge < -0.3 is 15.4 Å². The van der Waals surface area contributed by atoms with E-state index in [1.165, 1.54) is 0 Å². The Kier molecular flexibility index (Phi) is 10.4. The zero-order valence-corrected chi connectivity index (χ0v) is 10.9. The number of carbonyl (C=O) groups is 2. The Morgan fingerprint density at radius 1 is 1.00 bits per heavy atom. The van der Waals surface area contributed by atoms with Gasteiger partial charge in [0.05, 0.1) is 6.61 Å². The SMILES string of the molecule is CCCCOC(=O)NCCNC(=O)CCCC. The summed E-state index contributed by atoms with van der Waals surface area (Å²) in [5.74, 6) is 0.0352. The van der Waals surface area contributed by atoms with Crippen LogP contribution < -0.4 is 10.6 Å². The van der Waals surface area contributed by atoms with E-state index in [0.29, 0.717) is 26.1 Å². The molecule has 0 aliphatic heterocycles. The molecule has 0 saturated carbocycles. The maximum Gasteiger partial charge on any atom is 0.407 e. The van der Waals surface area contributed by atoms with E-state index in [9.17, 15) is 9.59 Å². The summed E-state index contributed by atoms with van der Waals surface area (Å²) in [4.78, 5) is 22.3. The third kappa shape index (κ3) is 11.0. The molecule has 0 heterocycles. The van der Waals surface area contributed by atoms with Crippen molar-refractivity contribution in [3.05, 3.63) is 0 Å². The molecule has 0 saturated heterocycles. The summed E-state index contributed by atoms with van der Waals surface area (Å²) in [5.41, 5.74) is 0. The fourth-order valence-electron chi connectivity index (χ4n) is 1.15. The second-order valence-corrected chi connectivity index (χ2v) is 3.87. The van der Waals surface area contributed by atoms with Crippen molar-refractivity contribution >= 4 is 12.0 Å². The first-order valence-electron chi connectivity index (χ1n) is 6.38. The van der Waals surface area contributed by atoms with Crippen molar-refractivity contribution in [2.24, 2.45) is 0 Å². The Balaban J connectivity index is 3.32. The minimum absolute atomic E-state index is 0.0352. The molecule has 0 spiro atoms. The van der Waals surface area contributed by atoms with Gasteiger partial charge in [-0.05, 0) is 12.8 Å². The first-order valence-corrected chi connectivity index (χ1v) is 6.38. The summed E-state index contributed by atoms with van der Waals surface area (Å²) >= 11 is 0. The van der Waals surface area contributed by atoms with Gasteiger partial charge in [0.1, 0.15) is 0 Å². The van der Waals surface area contributed by atoms with Gasteiger partial charge in [0.15, 0.2) is 0 Å². The van der Waals surface area contributed by atoms with Crippen LogP contribution in [0.5, 0.6) is 0 Å². The van der Waals surface area contributed by atoms with E-state index in [4.69, 9.17) is 4.74 Å². The minimum Gasteiger partial charge on any atom is -0.450 e. The number of alkyl carbamates (subject to hydrolysis) is 1. The molecular weight excluding hydrogens is 220 g/mol. The first kappa shape index (κ1) is 15.7. The van der Waals surface area contributed by atoms with Gasteiger partial charge in [0, 0.05) is 19.5 Å². The summed E-state index contributed by atoms with van der Waals surface area (Å²) in [7, 11) is 0. The molecule has 0 rings (SSSR count). The fraction of sp³-hybridized carbons (Fsp3) is 0.833. The van der Waals surface area contributed by atoms with Crippen LogP contribution in [0.4, 0.5) is 4.79 Å². The molecule has 2 N–H and O–H groups in total. The molecule has 0 aromatic carbocycles. The molecule has 17 heavy (non-hydrogen) atoms. The highest BCUT2D eigenvalue weighted by Crippen LogP contribution is 1.92. The maximum atomic E-state index is 11.2. The highest BCUT2D eigenvalue weighted by molar-refractivity contribution is 5.75. The highest BCUT2D eigenvalue weighted by atomic mass is 16.5. The van der Waals surface area contributed by atoms with Crippen molar-refractivity contribution < 1.29 is 14.3 Å². The van der Waals surface area contributed by atoms with Gasteiger partial charge in [-0.3, -0.25) is 4.79 Å². The summed E-state index contributed by atoms with van der Waals surface area (Å²) in [6, 6.07) is 0. The van der Waals surface area contributed by atoms with Crippen molar-refractivity contribution in [2.75, 3.05) is 19.7 Å². The van der Waals surface area contributed by atoms with Gasteiger partial charge in [-0.2, -0.15) is 0 Å². The lowest BCUT2D eigenvalue weighted by atomic mass is 10.2. The van der Waals surface area contributed by atoms with E-state index < -0.39 is 6.09 Å². The molecule has 0 atom stereocenters. The minimum atomic E-state index is -0.416. The third-order valence-corrected chi connectivity index (χ3v) is 2.20. The van der Waals surface area contributed by atoms with Gasteiger partial charge in [0.2, 0.25) is 5.91 Å². The number of amides is 2. The Morgan fingerprint density at radius 2 is 1.65 bits per heavy atom. The molecule has 0 fully saturated rings. The number of carbonyl (C=O) groups excluding carboxylic acids is 2. The standard InChI is InChI=1S/C12H24N2O3/c1-3-5-7-11(15)13-8-9-14-12(16)17-10-6-4-2/h3-10H2,1-2H3,(H,13,15)(H,14,16). The Hall–Kier alpha value is -1.26. The number of nitrogens with one attached hydrogen (secondary N) is 2. The van der Waals surface area contributed by atoms with E-state index in [2.05, 4.69) is 10.6 Å². The zero-order chi connectivity index (χ0) is 12.9. The lowest BCUT2D eigenvalue weighted by Gasteiger charge is -2.07. The topological polar surface area (TPSA) is 67.4 Å². The number of unbranched alkanes of at least 4 members (excludes halogenated alkanes) is 2. The van der Waals surface area contributed by atoms with Gasteiger partial charge >= 0.3 is 6.09 Å². The molecule has 0 aromatic rings. The molecule has 100 valence electrons. The van der Waals surface area contributed by atoms with Crippen molar-refractivity contribution in [1.29, 1.82) is 0 Å². The second-order valence-electron chi connectivity index (χ2n) is 3.87. The van der Waals surface area contributed by atoms with E-state index in [1.807, 2.05) is 13.8 Å². The average Bonchev–Trinajstić information content (AvgIpc) is 2.32. The second kappa shape index (κ2) is 11.2. The van der Waals surface area contributed by atoms with Gasteiger partial charge in [-0.15, -0.1) is 0 Å². The Labute approximate surface area is 103 Å². The predicted molar refractivity (Wildman–Crippen MR) is 66.8 cm³/mol. The summed E-state index contributed by atoms with van der Waals surface area (Å²) in [6.45, 7) is 5.38. The van der Waals surface area contributed by atoms with Gasteiger partial charge in [0.25, 0.3) is 0 Å². The average molecular weight is 244 g/mol. The van der Waals surface area contributed by atoms with E-state index in [-0.39, 0.29) is 5.91 Å². The normalized spacial score (nSPS) is 9.76. The van der Waals surface area contributed by atoms with Crippen LogP contribution in [0.15, 0.2) is 0 Å². The lowest BCUT2D eigenvalue weighted by Crippen LogP contribution is -2.34. The molecule has 0 unspecified atom stereocenters. The van der Waals surface area contributed by atoms with Crippen LogP contribution in [0.25, 0.3) is 0 Å². The predicted octanol–water partition coefficient (Wildman–Crippen LogP) is 1.82. The molecule has 2 amide bonds. The van der Waals surface area contributed by atoms with E-state index >= 15 is 0 Å². The fourth-order valence-corrected chi connectivity index (χ4v) is 1.15. The van der Waals surface area contributed by atoms with Crippen molar-refractivity contribution in [3.8, 4) is 0 Å². The molecule has 5 heteroatoms. The van der Waals surface area contributed by atoms with Crippen molar-refractivity contribution in [2.45, 2.75) is 46.0 Å². The lowest BCUT2D eigenvalue weighted by molar-refractivity contribution is -0.121. The van der Waals surface area contributed by atoms with E-state index in [0.717, 1.165) is 25.7 Å². The van der Waals surface area contributed by atoms with Crippen LogP contribution in [-0.2, 0) is 9.53 Å². The van der Waals surface area contributed by atoms with Crippen LogP contribution in [0.1, 0.15) is 46.0 Å². The van der Waals surface area contributed by atoms with Crippen LogP contribution in [0.2, 0.25) is 0 Å². The molecule has 5 nitrogen and oxygen atoms in total. The summed E-state index contributed by atoms with van der Waals surface area (Å²) < 4.78 is 4.89. The summed E-state index contributed by atoms with van der Waals surface area (Å²) in [5, 5.41) is 5.31. The molecule has 0 aliphatic rings. The van der Waals surface area contributed by atoms with Crippen molar-refractivity contribution in [1.82, 2.24) is 10.6 Å². The van der Waals surface area contributed by atoms with Crippen LogP contribution >= 0.6 is 0 Å². The molecule has 0 bridgehead atoms. The van der Waals surface area contributed by atoms with E-state index in [1.54, 1.807) is 0 Å². The first-order chi connectivity index (χ1) is 8.20. The van der Waals surface area contributed by atoms with Gasteiger partial charge in [-0.25, -0.2) is 4.79 Å². The third-order valence-electron chi connectivity index (χ3n) is 2.20. The smallest absolute Gasteiger partial charge is 0.407 e. The quantitative estimate of drug-likeness (QED) is 0.608. The largest absolute Gasteiger partial charge is 0.450 e.